The van der Waals surface area contributed by atoms with Crippen LogP contribution in [0.25, 0.3) is 0 Å². The molecule has 0 unspecified atom stereocenters. The molecule has 1 amide bonds. The lowest BCUT2D eigenvalue weighted by Gasteiger charge is -2.09. The van der Waals surface area contributed by atoms with E-state index in [2.05, 4.69) is 10.5 Å². The summed E-state index contributed by atoms with van der Waals surface area (Å²) in [5.41, 5.74) is 3.78. The van der Waals surface area contributed by atoms with Crippen LogP contribution in [-0.4, -0.2) is 38.1 Å². The molecule has 0 aromatic heterocycles. The third-order valence-electron chi connectivity index (χ3n) is 3.57. The molecule has 7 nitrogen and oxygen atoms in total. The molecule has 0 aliphatic heterocycles. The maximum atomic E-state index is 12.1. The van der Waals surface area contributed by atoms with E-state index in [0.717, 1.165) is 5.56 Å². The van der Waals surface area contributed by atoms with Gasteiger partial charge in [0.2, 0.25) is 5.91 Å². The number of hydrogen-bond acceptors (Lipinski definition) is 6. The second-order valence-corrected chi connectivity index (χ2v) is 5.85. The Morgan fingerprint density at radius 1 is 1.19 bits per heavy atom. The summed E-state index contributed by atoms with van der Waals surface area (Å²) in [6.45, 7) is 2.18. The monoisotopic (exact) mass is 392 g/mol. The molecule has 2 aromatic carbocycles. The van der Waals surface area contributed by atoms with Crippen LogP contribution in [0.2, 0.25) is 5.02 Å². The van der Waals surface area contributed by atoms with Gasteiger partial charge < -0.3 is 19.3 Å². The Morgan fingerprint density at radius 2 is 1.93 bits per heavy atom. The molecule has 0 saturated carbocycles. The number of phenolic OH excluding ortho intramolecular Hbond substituents is 1. The van der Waals surface area contributed by atoms with Gasteiger partial charge in [0.25, 0.3) is 0 Å². The molecule has 27 heavy (non-hydrogen) atoms. The van der Waals surface area contributed by atoms with Crippen LogP contribution in [0.5, 0.6) is 23.0 Å². The Hall–Kier alpha value is -2.93. The Balaban J connectivity index is 2.01. The van der Waals surface area contributed by atoms with Gasteiger partial charge in [-0.3, -0.25) is 4.79 Å². The van der Waals surface area contributed by atoms with Gasteiger partial charge in [-0.25, -0.2) is 5.43 Å². The molecule has 0 aliphatic carbocycles. The second kappa shape index (κ2) is 9.68. The van der Waals surface area contributed by atoms with Crippen molar-refractivity contribution < 1.29 is 24.1 Å². The number of carbonyl (C=O) groups is 1. The van der Waals surface area contributed by atoms with Gasteiger partial charge in [0, 0.05) is 0 Å². The van der Waals surface area contributed by atoms with Crippen molar-refractivity contribution in [3.63, 3.8) is 0 Å². The molecule has 8 heteroatoms. The maximum Gasteiger partial charge on any atom is 0.244 e. The number of carbonyl (C=O) groups excluding carboxylic acids is 1. The Labute approximate surface area is 162 Å². The molecule has 0 spiro atoms. The fraction of sp³-hybridized carbons (Fsp3) is 0.263. The third kappa shape index (κ3) is 5.52. The number of benzene rings is 2. The predicted molar refractivity (Wildman–Crippen MR) is 103 cm³/mol. The van der Waals surface area contributed by atoms with Crippen LogP contribution in [0, 0.1) is 0 Å². The summed E-state index contributed by atoms with van der Waals surface area (Å²) in [6, 6.07) is 8.34. The van der Waals surface area contributed by atoms with E-state index in [1.54, 1.807) is 38.3 Å². The van der Waals surface area contributed by atoms with Crippen molar-refractivity contribution in [2.45, 2.75) is 13.3 Å². The highest BCUT2D eigenvalue weighted by atomic mass is 35.5. The summed E-state index contributed by atoms with van der Waals surface area (Å²) in [6.07, 6.45) is 1.54. The van der Waals surface area contributed by atoms with Gasteiger partial charge in [0.15, 0.2) is 23.0 Å². The van der Waals surface area contributed by atoms with Gasteiger partial charge in [-0.15, -0.1) is 0 Å². The second-order valence-electron chi connectivity index (χ2n) is 5.44. The van der Waals surface area contributed by atoms with Crippen molar-refractivity contribution in [1.82, 2.24) is 5.43 Å². The number of phenols is 1. The van der Waals surface area contributed by atoms with Gasteiger partial charge in [-0.05, 0) is 42.3 Å². The first-order chi connectivity index (χ1) is 13.0. The average Bonchev–Trinajstić information content (AvgIpc) is 2.65. The summed E-state index contributed by atoms with van der Waals surface area (Å²) in [5, 5.41) is 13.9. The van der Waals surface area contributed by atoms with Crippen molar-refractivity contribution in [1.29, 1.82) is 0 Å². The van der Waals surface area contributed by atoms with E-state index in [9.17, 15) is 9.90 Å². The number of halogens is 1. The fourth-order valence-corrected chi connectivity index (χ4v) is 2.55. The van der Waals surface area contributed by atoms with Crippen LogP contribution >= 0.6 is 11.6 Å². The van der Waals surface area contributed by atoms with Crippen LogP contribution in [-0.2, 0) is 11.2 Å². The van der Waals surface area contributed by atoms with Crippen molar-refractivity contribution in [3.8, 4) is 23.0 Å². The van der Waals surface area contributed by atoms with E-state index in [4.69, 9.17) is 25.8 Å². The zero-order valence-electron chi connectivity index (χ0n) is 15.3. The highest BCUT2D eigenvalue weighted by molar-refractivity contribution is 6.32. The number of ether oxygens (including phenoxy) is 3. The average molecular weight is 393 g/mol. The highest BCUT2D eigenvalue weighted by Crippen LogP contribution is 2.34. The van der Waals surface area contributed by atoms with E-state index < -0.39 is 0 Å². The standard InChI is InChI=1S/C19H21ClN2O5/c1-4-27-17-9-13(7-14(20)19(17)24)11-21-22-18(23)10-12-5-6-15(25-2)16(8-12)26-3/h5-9,11,24H,4,10H2,1-3H3,(H,22,23). The topological polar surface area (TPSA) is 89.4 Å². The zero-order chi connectivity index (χ0) is 19.8. The first-order valence-electron chi connectivity index (χ1n) is 8.16. The molecule has 2 aromatic rings. The lowest BCUT2D eigenvalue weighted by molar-refractivity contribution is -0.120. The number of hydrazone groups is 1. The molecule has 0 atom stereocenters. The lowest BCUT2D eigenvalue weighted by Crippen LogP contribution is -2.19. The first-order valence-corrected chi connectivity index (χ1v) is 8.54. The number of rotatable bonds is 8. The van der Waals surface area contributed by atoms with Gasteiger partial charge >= 0.3 is 0 Å². The zero-order valence-corrected chi connectivity index (χ0v) is 16.0. The minimum Gasteiger partial charge on any atom is -0.503 e. The minimum atomic E-state index is -0.298. The Bertz CT molecular complexity index is 839. The van der Waals surface area contributed by atoms with Crippen LogP contribution in [0.4, 0.5) is 0 Å². The fourth-order valence-electron chi connectivity index (χ4n) is 2.33. The number of aromatic hydroxyl groups is 1. The minimum absolute atomic E-state index is 0.123. The molecule has 0 aliphatic rings. The van der Waals surface area contributed by atoms with Crippen LogP contribution < -0.4 is 19.6 Å². The maximum absolute atomic E-state index is 12.1. The van der Waals surface area contributed by atoms with Crippen molar-refractivity contribution >= 4 is 23.7 Å². The molecule has 0 radical (unpaired) electrons. The van der Waals surface area contributed by atoms with E-state index in [1.165, 1.54) is 19.4 Å². The van der Waals surface area contributed by atoms with E-state index in [-0.39, 0.29) is 28.8 Å². The van der Waals surface area contributed by atoms with Gasteiger partial charge in [-0.2, -0.15) is 5.10 Å². The smallest absolute Gasteiger partial charge is 0.244 e. The molecule has 0 fully saturated rings. The van der Waals surface area contributed by atoms with Crippen LogP contribution in [0.3, 0.4) is 0 Å². The summed E-state index contributed by atoms with van der Waals surface area (Å²) in [7, 11) is 3.08. The van der Waals surface area contributed by atoms with E-state index in [0.29, 0.717) is 23.7 Å². The molecule has 2 N–H and O–H groups in total. The molecule has 0 bridgehead atoms. The van der Waals surface area contributed by atoms with E-state index >= 15 is 0 Å². The van der Waals surface area contributed by atoms with Crippen molar-refractivity contribution in [2.75, 3.05) is 20.8 Å². The molecular formula is C19H21ClN2O5. The third-order valence-corrected chi connectivity index (χ3v) is 3.85. The SMILES string of the molecule is CCOc1cc(C=NNC(=O)Cc2ccc(OC)c(OC)c2)cc(Cl)c1O. The Morgan fingerprint density at radius 3 is 2.59 bits per heavy atom. The van der Waals surface area contributed by atoms with E-state index in [1.807, 2.05) is 0 Å². The summed E-state index contributed by atoms with van der Waals surface area (Å²) < 4.78 is 15.7. The molecule has 0 saturated heterocycles. The lowest BCUT2D eigenvalue weighted by atomic mass is 10.1. The molecule has 144 valence electrons. The van der Waals surface area contributed by atoms with Crippen molar-refractivity contribution in [2.24, 2.45) is 5.10 Å². The molecule has 0 heterocycles. The van der Waals surface area contributed by atoms with Gasteiger partial charge in [0.05, 0.1) is 38.5 Å². The molecular weight excluding hydrogens is 372 g/mol. The number of nitrogens with one attached hydrogen (secondary N) is 1. The van der Waals surface area contributed by atoms with Crippen LogP contribution in [0.1, 0.15) is 18.1 Å². The van der Waals surface area contributed by atoms with Gasteiger partial charge in [-0.1, -0.05) is 17.7 Å². The quantitative estimate of drug-likeness (QED) is 0.532. The summed E-state index contributed by atoms with van der Waals surface area (Å²) in [5.74, 6) is 0.965. The number of nitrogens with zero attached hydrogens (tertiary/aromatic N) is 1. The van der Waals surface area contributed by atoms with Crippen LogP contribution in [0.15, 0.2) is 35.4 Å². The summed E-state index contributed by atoms with van der Waals surface area (Å²) in [4.78, 5) is 12.1. The molecule has 2 rings (SSSR count). The van der Waals surface area contributed by atoms with Gasteiger partial charge in [0.1, 0.15) is 0 Å². The highest BCUT2D eigenvalue weighted by Gasteiger charge is 2.10. The predicted octanol–water partition coefficient (Wildman–Crippen LogP) is 3.15. The summed E-state index contributed by atoms with van der Waals surface area (Å²) >= 11 is 5.96. The number of hydrogen-bond donors (Lipinski definition) is 2. The number of methoxy groups -OCH3 is 2. The number of amides is 1. The first kappa shape index (κ1) is 20.4. The van der Waals surface area contributed by atoms with Crippen molar-refractivity contribution in [3.05, 3.63) is 46.5 Å². The largest absolute Gasteiger partial charge is 0.503 e. The normalized spacial score (nSPS) is 10.7. The Kier molecular flexibility index (Phi) is 7.31.